The molecule has 7 nitrogen and oxygen atoms in total. The van der Waals surface area contributed by atoms with E-state index < -0.39 is 5.91 Å². The quantitative estimate of drug-likeness (QED) is 0.706. The Balaban J connectivity index is 1.67. The minimum Gasteiger partial charge on any atom is -0.324 e. The van der Waals surface area contributed by atoms with Gasteiger partial charge in [0.2, 0.25) is 5.91 Å². The molecule has 1 aromatic heterocycles. The minimum absolute atomic E-state index is 0.0495. The summed E-state index contributed by atoms with van der Waals surface area (Å²) in [6, 6.07) is 14.4. The van der Waals surface area contributed by atoms with Crippen molar-refractivity contribution < 1.29 is 9.59 Å². The van der Waals surface area contributed by atoms with Gasteiger partial charge in [0.05, 0.1) is 16.4 Å². The van der Waals surface area contributed by atoms with Gasteiger partial charge in [-0.25, -0.2) is 4.68 Å². The molecule has 0 bridgehead atoms. The van der Waals surface area contributed by atoms with Crippen LogP contribution < -0.4 is 10.6 Å². The number of hydrogen-bond donors (Lipinski definition) is 2. The fourth-order valence-corrected chi connectivity index (χ4v) is 2.62. The highest BCUT2D eigenvalue weighted by atomic mass is 35.5. The summed E-state index contributed by atoms with van der Waals surface area (Å²) in [7, 11) is 0. The lowest BCUT2D eigenvalue weighted by atomic mass is 10.2. The van der Waals surface area contributed by atoms with E-state index in [1.165, 1.54) is 4.68 Å². The second-order valence-corrected chi connectivity index (χ2v) is 6.44. The van der Waals surface area contributed by atoms with E-state index in [2.05, 4.69) is 20.9 Å². The van der Waals surface area contributed by atoms with Crippen LogP contribution in [0.3, 0.4) is 0 Å². The number of carbonyl (C=O) groups is 2. The molecule has 2 N–H and O–H groups in total. The van der Waals surface area contributed by atoms with Crippen LogP contribution in [0.2, 0.25) is 5.02 Å². The number of amides is 2. The maximum absolute atomic E-state index is 12.4. The first-order valence-electron chi connectivity index (χ1n) is 8.26. The molecule has 0 spiro atoms. The summed E-state index contributed by atoms with van der Waals surface area (Å²) in [5.41, 5.74) is 2.90. The van der Waals surface area contributed by atoms with Crippen LogP contribution in [-0.4, -0.2) is 26.8 Å². The Hall–Kier alpha value is -3.19. The molecule has 0 aliphatic rings. The molecule has 0 unspecified atom stereocenters. The average Bonchev–Trinajstić information content (AvgIpc) is 2.99. The molecular weight excluding hydrogens is 366 g/mol. The Kier molecular flexibility index (Phi) is 5.52. The van der Waals surface area contributed by atoms with Crippen molar-refractivity contribution in [2.75, 3.05) is 10.6 Å². The number of hydrogen-bond acceptors (Lipinski definition) is 4. The Bertz CT molecular complexity index is 982. The Morgan fingerprint density at radius 1 is 1.04 bits per heavy atom. The SMILES string of the molecule is Cc1ccc(NC(=O)Cn2nnc(C(=O)Nc3ccccc3Cl)c2C)cc1. The van der Waals surface area contributed by atoms with Crippen molar-refractivity contribution in [2.24, 2.45) is 0 Å². The van der Waals surface area contributed by atoms with Crippen LogP contribution in [0, 0.1) is 13.8 Å². The van der Waals surface area contributed by atoms with Crippen LogP contribution in [0.1, 0.15) is 21.7 Å². The summed E-state index contributed by atoms with van der Waals surface area (Å²) in [5, 5.41) is 13.7. The number of aromatic nitrogens is 3. The molecule has 0 saturated heterocycles. The number of nitrogens with one attached hydrogen (secondary N) is 2. The topological polar surface area (TPSA) is 88.9 Å². The average molecular weight is 384 g/mol. The zero-order chi connectivity index (χ0) is 19.4. The lowest BCUT2D eigenvalue weighted by Gasteiger charge is -2.07. The first kappa shape index (κ1) is 18.6. The fourth-order valence-electron chi connectivity index (χ4n) is 2.44. The highest BCUT2D eigenvalue weighted by Gasteiger charge is 2.18. The van der Waals surface area contributed by atoms with E-state index in [1.807, 2.05) is 31.2 Å². The summed E-state index contributed by atoms with van der Waals surface area (Å²) >= 11 is 6.05. The van der Waals surface area contributed by atoms with Crippen LogP contribution in [0.4, 0.5) is 11.4 Å². The summed E-state index contributed by atoms with van der Waals surface area (Å²) in [5.74, 6) is -0.698. The first-order valence-corrected chi connectivity index (χ1v) is 8.64. The van der Waals surface area contributed by atoms with Gasteiger partial charge in [-0.2, -0.15) is 0 Å². The number of benzene rings is 2. The lowest BCUT2D eigenvalue weighted by molar-refractivity contribution is -0.117. The van der Waals surface area contributed by atoms with E-state index >= 15 is 0 Å². The van der Waals surface area contributed by atoms with Crippen LogP contribution >= 0.6 is 11.6 Å². The van der Waals surface area contributed by atoms with E-state index in [9.17, 15) is 9.59 Å². The Labute approximate surface area is 161 Å². The minimum atomic E-state index is -0.439. The predicted molar refractivity (Wildman–Crippen MR) is 104 cm³/mol. The highest BCUT2D eigenvalue weighted by molar-refractivity contribution is 6.33. The van der Waals surface area contributed by atoms with Crippen LogP contribution in [0.25, 0.3) is 0 Å². The molecule has 27 heavy (non-hydrogen) atoms. The smallest absolute Gasteiger partial charge is 0.278 e. The van der Waals surface area contributed by atoms with Gasteiger partial charge in [0.15, 0.2) is 5.69 Å². The molecule has 0 radical (unpaired) electrons. The van der Waals surface area contributed by atoms with Gasteiger partial charge in [-0.3, -0.25) is 9.59 Å². The van der Waals surface area contributed by atoms with Crippen molar-refractivity contribution >= 4 is 34.8 Å². The molecular formula is C19H18ClN5O2. The predicted octanol–water partition coefficient (Wildman–Crippen LogP) is 3.44. The third-order valence-corrected chi connectivity index (χ3v) is 4.28. The molecule has 2 amide bonds. The lowest BCUT2D eigenvalue weighted by Crippen LogP contribution is -2.21. The summed E-state index contributed by atoms with van der Waals surface area (Å²) in [4.78, 5) is 24.6. The van der Waals surface area contributed by atoms with Gasteiger partial charge < -0.3 is 10.6 Å². The molecule has 1 heterocycles. The zero-order valence-corrected chi connectivity index (χ0v) is 15.6. The van der Waals surface area contributed by atoms with Gasteiger partial charge in [-0.15, -0.1) is 5.10 Å². The maximum atomic E-state index is 12.4. The number of rotatable bonds is 5. The molecule has 8 heteroatoms. The van der Waals surface area contributed by atoms with Crippen LogP contribution in [0.5, 0.6) is 0 Å². The standard InChI is InChI=1S/C19H18ClN5O2/c1-12-7-9-14(10-8-12)21-17(26)11-25-13(2)18(23-24-25)19(27)22-16-6-4-3-5-15(16)20/h3-10H,11H2,1-2H3,(H,21,26)(H,22,27). The van der Waals surface area contributed by atoms with Gasteiger partial charge in [-0.05, 0) is 38.1 Å². The van der Waals surface area contributed by atoms with Gasteiger partial charge >= 0.3 is 0 Å². The van der Waals surface area contributed by atoms with E-state index in [1.54, 1.807) is 31.2 Å². The monoisotopic (exact) mass is 383 g/mol. The third-order valence-electron chi connectivity index (χ3n) is 3.95. The molecule has 0 atom stereocenters. The molecule has 0 aliphatic carbocycles. The fraction of sp³-hybridized carbons (Fsp3) is 0.158. The maximum Gasteiger partial charge on any atom is 0.278 e. The van der Waals surface area contributed by atoms with Crippen molar-refractivity contribution in [3.8, 4) is 0 Å². The van der Waals surface area contributed by atoms with E-state index in [-0.39, 0.29) is 18.1 Å². The van der Waals surface area contributed by atoms with E-state index in [0.717, 1.165) is 5.56 Å². The first-order chi connectivity index (χ1) is 12.9. The van der Waals surface area contributed by atoms with Gasteiger partial charge in [0, 0.05) is 5.69 Å². The summed E-state index contributed by atoms with van der Waals surface area (Å²) in [6.07, 6.45) is 0. The summed E-state index contributed by atoms with van der Waals surface area (Å²) in [6.45, 7) is 3.60. The summed E-state index contributed by atoms with van der Waals surface area (Å²) < 4.78 is 1.38. The van der Waals surface area contributed by atoms with Crippen LogP contribution in [0.15, 0.2) is 48.5 Å². The molecule has 138 valence electrons. The second-order valence-electron chi connectivity index (χ2n) is 6.03. The second kappa shape index (κ2) is 8.01. The zero-order valence-electron chi connectivity index (χ0n) is 14.9. The van der Waals surface area contributed by atoms with Gasteiger partial charge in [-0.1, -0.05) is 46.6 Å². The van der Waals surface area contributed by atoms with Crippen molar-refractivity contribution in [1.82, 2.24) is 15.0 Å². The number of carbonyl (C=O) groups excluding carboxylic acids is 2. The number of aryl methyl sites for hydroxylation is 1. The number of halogens is 1. The van der Waals surface area contributed by atoms with Crippen molar-refractivity contribution in [3.05, 3.63) is 70.5 Å². The molecule has 3 rings (SSSR count). The molecule has 0 fully saturated rings. The van der Waals surface area contributed by atoms with Crippen LogP contribution in [-0.2, 0) is 11.3 Å². The van der Waals surface area contributed by atoms with Gasteiger partial charge in [0.1, 0.15) is 6.54 Å². The van der Waals surface area contributed by atoms with Crippen molar-refractivity contribution in [2.45, 2.75) is 20.4 Å². The number of nitrogens with zero attached hydrogens (tertiary/aromatic N) is 3. The number of para-hydroxylation sites is 1. The van der Waals surface area contributed by atoms with E-state index in [4.69, 9.17) is 11.6 Å². The van der Waals surface area contributed by atoms with E-state index in [0.29, 0.717) is 22.1 Å². The normalized spacial score (nSPS) is 10.5. The Morgan fingerprint density at radius 2 is 1.74 bits per heavy atom. The molecule has 0 aliphatic heterocycles. The molecule has 3 aromatic rings. The van der Waals surface area contributed by atoms with Gasteiger partial charge in [0.25, 0.3) is 5.91 Å². The molecule has 2 aromatic carbocycles. The molecule has 0 saturated carbocycles. The van der Waals surface area contributed by atoms with Crippen molar-refractivity contribution in [3.63, 3.8) is 0 Å². The number of anilines is 2. The third kappa shape index (κ3) is 4.51. The largest absolute Gasteiger partial charge is 0.324 e. The van der Waals surface area contributed by atoms with Crippen molar-refractivity contribution in [1.29, 1.82) is 0 Å². The Morgan fingerprint density at radius 3 is 2.44 bits per heavy atom. The highest BCUT2D eigenvalue weighted by Crippen LogP contribution is 2.21.